The molecule has 3 rings (SSSR count). The summed E-state index contributed by atoms with van der Waals surface area (Å²) in [6.07, 6.45) is 10.0. The van der Waals surface area contributed by atoms with Crippen LogP contribution >= 0.6 is 0 Å². The highest BCUT2D eigenvalue weighted by molar-refractivity contribution is 5.63. The number of carbonyl (C=O) groups is 1. The molecule has 26 heavy (non-hydrogen) atoms. The minimum Gasteiger partial charge on any atom is -0.368 e. The summed E-state index contributed by atoms with van der Waals surface area (Å²) in [6.45, 7) is 2.13. The van der Waals surface area contributed by atoms with Crippen LogP contribution in [0.2, 0.25) is 0 Å². The fourth-order valence-corrected chi connectivity index (χ4v) is 4.39. The second kappa shape index (κ2) is 8.64. The van der Waals surface area contributed by atoms with Crippen LogP contribution in [0.15, 0.2) is 18.2 Å². The monoisotopic (exact) mass is 357 g/mol. The molecule has 2 aliphatic rings. The average Bonchev–Trinajstić information content (AvgIpc) is 2.69. The summed E-state index contributed by atoms with van der Waals surface area (Å²) in [5, 5.41) is 12.5. The molecular weight excluding hydrogens is 329 g/mol. The molecule has 1 saturated heterocycles. The molecule has 1 atom stereocenters. The van der Waals surface area contributed by atoms with E-state index in [1.165, 1.54) is 38.2 Å². The quantitative estimate of drug-likeness (QED) is 0.787. The van der Waals surface area contributed by atoms with Crippen molar-refractivity contribution in [2.75, 3.05) is 24.5 Å². The summed E-state index contributed by atoms with van der Waals surface area (Å²) in [4.78, 5) is 13.9. The lowest BCUT2D eigenvalue weighted by atomic mass is 9.78. The van der Waals surface area contributed by atoms with Crippen LogP contribution in [0.5, 0.6) is 0 Å². The molecule has 0 amide bonds. The molecule has 1 aliphatic carbocycles. The Morgan fingerprint density at radius 2 is 2.12 bits per heavy atom. The summed E-state index contributed by atoms with van der Waals surface area (Å²) in [5.41, 5.74) is 0.400. The van der Waals surface area contributed by atoms with E-state index in [9.17, 15) is 9.18 Å². The Hall–Kier alpha value is -1.93. The van der Waals surface area contributed by atoms with E-state index in [1.807, 2.05) is 11.0 Å². The van der Waals surface area contributed by atoms with Crippen LogP contribution in [0.25, 0.3) is 0 Å². The number of nitrogens with zero attached hydrogens (tertiary/aromatic N) is 2. The Morgan fingerprint density at radius 1 is 1.31 bits per heavy atom. The highest BCUT2D eigenvalue weighted by Crippen LogP contribution is 2.35. The lowest BCUT2D eigenvalue weighted by Gasteiger charge is -2.41. The molecule has 0 bridgehead atoms. The molecule has 1 N–H and O–H groups in total. The zero-order valence-electron chi connectivity index (χ0n) is 15.3. The second-order valence-electron chi connectivity index (χ2n) is 7.82. The first-order valence-corrected chi connectivity index (χ1v) is 9.80. The molecule has 0 aromatic heterocycles. The fourth-order valence-electron chi connectivity index (χ4n) is 4.39. The molecule has 1 aromatic carbocycles. The van der Waals surface area contributed by atoms with E-state index in [0.29, 0.717) is 23.8 Å². The first-order chi connectivity index (χ1) is 12.7. The molecule has 2 fully saturated rings. The van der Waals surface area contributed by atoms with Crippen LogP contribution in [-0.2, 0) is 4.79 Å². The van der Waals surface area contributed by atoms with Gasteiger partial charge in [-0.2, -0.15) is 5.26 Å². The van der Waals surface area contributed by atoms with Gasteiger partial charge in [0, 0.05) is 24.5 Å². The standard InChI is InChI=1S/C21H28FN3O/c22-19-13-17(14-23)7-8-20(19)25-12-4-9-21(15-25,16-26)10-11-24-18-5-2-1-3-6-18/h7-8,13,16,18,24H,1-6,9-12,15H2. The number of benzene rings is 1. The fraction of sp³-hybridized carbons (Fsp3) is 0.619. The molecule has 1 saturated carbocycles. The van der Waals surface area contributed by atoms with Gasteiger partial charge >= 0.3 is 0 Å². The molecule has 1 aromatic rings. The SMILES string of the molecule is N#Cc1ccc(N2CCCC(C=O)(CCNC3CCCCC3)C2)c(F)c1. The van der Waals surface area contributed by atoms with Crippen molar-refractivity contribution in [1.29, 1.82) is 5.26 Å². The number of carbonyl (C=O) groups excluding carboxylic acids is 1. The van der Waals surface area contributed by atoms with E-state index >= 15 is 0 Å². The number of halogens is 1. The number of nitriles is 1. The number of hydrogen-bond donors (Lipinski definition) is 1. The Morgan fingerprint density at radius 3 is 2.81 bits per heavy atom. The number of nitrogens with one attached hydrogen (secondary N) is 1. The van der Waals surface area contributed by atoms with Crippen molar-refractivity contribution >= 4 is 12.0 Å². The van der Waals surface area contributed by atoms with Gasteiger partial charge in [0.25, 0.3) is 0 Å². The van der Waals surface area contributed by atoms with E-state index in [1.54, 1.807) is 12.1 Å². The van der Waals surface area contributed by atoms with Gasteiger partial charge in [0.15, 0.2) is 0 Å². The van der Waals surface area contributed by atoms with E-state index in [2.05, 4.69) is 5.32 Å². The van der Waals surface area contributed by atoms with Crippen LogP contribution in [0.3, 0.4) is 0 Å². The molecule has 1 heterocycles. The highest BCUT2D eigenvalue weighted by atomic mass is 19.1. The van der Waals surface area contributed by atoms with Gasteiger partial charge in [-0.1, -0.05) is 19.3 Å². The van der Waals surface area contributed by atoms with Crippen molar-refractivity contribution in [3.63, 3.8) is 0 Å². The van der Waals surface area contributed by atoms with E-state index in [4.69, 9.17) is 5.26 Å². The van der Waals surface area contributed by atoms with Gasteiger partial charge in [-0.05, 0) is 56.8 Å². The van der Waals surface area contributed by atoms with Gasteiger partial charge in [-0.15, -0.1) is 0 Å². The molecule has 4 nitrogen and oxygen atoms in total. The minimum absolute atomic E-state index is 0.321. The molecular formula is C21H28FN3O. The summed E-state index contributed by atoms with van der Waals surface area (Å²) in [5.74, 6) is -0.383. The first-order valence-electron chi connectivity index (χ1n) is 9.80. The third-order valence-corrected chi connectivity index (χ3v) is 5.94. The second-order valence-corrected chi connectivity index (χ2v) is 7.82. The average molecular weight is 357 g/mol. The highest BCUT2D eigenvalue weighted by Gasteiger charge is 2.36. The number of rotatable bonds is 6. The third-order valence-electron chi connectivity index (χ3n) is 5.94. The first kappa shape index (κ1) is 18.8. The maximum absolute atomic E-state index is 14.4. The van der Waals surface area contributed by atoms with Gasteiger partial charge in [0.1, 0.15) is 12.1 Å². The largest absolute Gasteiger partial charge is 0.368 e. The number of aldehydes is 1. The number of hydrogen-bond acceptors (Lipinski definition) is 4. The van der Waals surface area contributed by atoms with E-state index < -0.39 is 5.41 Å². The topological polar surface area (TPSA) is 56.1 Å². The van der Waals surface area contributed by atoms with Crippen LogP contribution in [-0.4, -0.2) is 32.0 Å². The zero-order valence-corrected chi connectivity index (χ0v) is 15.3. The third kappa shape index (κ3) is 4.42. The lowest BCUT2D eigenvalue weighted by molar-refractivity contribution is -0.117. The normalized spacial score (nSPS) is 24.2. The van der Waals surface area contributed by atoms with Gasteiger partial charge < -0.3 is 15.0 Å². The summed E-state index contributed by atoms with van der Waals surface area (Å²) in [7, 11) is 0. The van der Waals surface area contributed by atoms with Crippen molar-refractivity contribution in [3.8, 4) is 6.07 Å². The predicted molar refractivity (Wildman–Crippen MR) is 101 cm³/mol. The zero-order chi connectivity index (χ0) is 18.4. The van der Waals surface area contributed by atoms with Crippen molar-refractivity contribution in [3.05, 3.63) is 29.6 Å². The maximum Gasteiger partial charge on any atom is 0.147 e. The molecule has 140 valence electrons. The summed E-state index contributed by atoms with van der Waals surface area (Å²) in [6, 6.07) is 7.12. The van der Waals surface area contributed by atoms with Gasteiger partial charge in [-0.3, -0.25) is 0 Å². The van der Waals surface area contributed by atoms with E-state index in [-0.39, 0.29) is 5.82 Å². The number of anilines is 1. The van der Waals surface area contributed by atoms with E-state index in [0.717, 1.165) is 38.6 Å². The van der Waals surface area contributed by atoms with Crippen LogP contribution in [0, 0.1) is 22.6 Å². The van der Waals surface area contributed by atoms with Crippen molar-refractivity contribution < 1.29 is 9.18 Å². The molecule has 1 unspecified atom stereocenters. The Bertz CT molecular complexity index is 666. The summed E-state index contributed by atoms with van der Waals surface area (Å²) < 4.78 is 14.4. The van der Waals surface area contributed by atoms with Crippen LogP contribution in [0.4, 0.5) is 10.1 Å². The van der Waals surface area contributed by atoms with Crippen LogP contribution < -0.4 is 10.2 Å². The van der Waals surface area contributed by atoms with Crippen molar-refractivity contribution in [1.82, 2.24) is 5.32 Å². The molecule has 0 spiro atoms. The van der Waals surface area contributed by atoms with Gasteiger partial charge in [0.2, 0.25) is 0 Å². The van der Waals surface area contributed by atoms with Crippen molar-refractivity contribution in [2.24, 2.45) is 5.41 Å². The lowest BCUT2D eigenvalue weighted by Crippen LogP contribution is -2.46. The van der Waals surface area contributed by atoms with Gasteiger partial charge in [0.05, 0.1) is 17.3 Å². The van der Waals surface area contributed by atoms with Gasteiger partial charge in [-0.25, -0.2) is 4.39 Å². The predicted octanol–water partition coefficient (Wildman–Crippen LogP) is 3.80. The Balaban J connectivity index is 1.62. The Labute approximate surface area is 155 Å². The van der Waals surface area contributed by atoms with Crippen LogP contribution in [0.1, 0.15) is 56.9 Å². The summed E-state index contributed by atoms with van der Waals surface area (Å²) >= 11 is 0. The minimum atomic E-state index is -0.416. The number of piperidine rings is 1. The molecule has 0 radical (unpaired) electrons. The smallest absolute Gasteiger partial charge is 0.147 e. The molecule has 1 aliphatic heterocycles. The van der Waals surface area contributed by atoms with Crippen molar-refractivity contribution in [2.45, 2.75) is 57.4 Å². The maximum atomic E-state index is 14.4. The Kier molecular flexibility index (Phi) is 6.26. The molecule has 5 heteroatoms.